The molecule has 0 N–H and O–H groups in total. The van der Waals surface area contributed by atoms with Crippen molar-refractivity contribution in [2.75, 3.05) is 7.11 Å². The van der Waals surface area contributed by atoms with Crippen molar-refractivity contribution in [2.45, 2.75) is 20.8 Å². The zero-order chi connectivity index (χ0) is 10.9. The second-order valence-corrected chi connectivity index (χ2v) is 4.31. The number of esters is 1. The molecule has 1 saturated carbocycles. The maximum atomic E-state index is 11.3. The van der Waals surface area contributed by atoms with Crippen LogP contribution in [-0.2, 0) is 9.53 Å². The predicted octanol–water partition coefficient (Wildman–Crippen LogP) is 1.90. The first-order chi connectivity index (χ1) is 6.45. The summed E-state index contributed by atoms with van der Waals surface area (Å²) in [6.45, 7) is 5.78. The molecule has 1 aliphatic carbocycles. The van der Waals surface area contributed by atoms with Crippen LogP contribution in [-0.4, -0.2) is 13.1 Å². The van der Waals surface area contributed by atoms with E-state index < -0.39 is 0 Å². The Labute approximate surface area is 84.4 Å². The molecule has 0 saturated heterocycles. The number of allylic oxidation sites excluding steroid dienone is 2. The standard InChI is InChI=1S/C11H15NO2/c1-7(6-12)5-8-9(10(13)14-4)11(8,2)3/h5,8-9H,1-4H3/t8-,9-/m0/s1. The van der Waals surface area contributed by atoms with Crippen molar-refractivity contribution in [3.63, 3.8) is 0 Å². The van der Waals surface area contributed by atoms with E-state index in [1.54, 1.807) is 6.92 Å². The summed E-state index contributed by atoms with van der Waals surface area (Å²) in [5.74, 6) is -0.118. The summed E-state index contributed by atoms with van der Waals surface area (Å²) in [5.41, 5.74) is 0.597. The third-order valence-corrected chi connectivity index (χ3v) is 2.97. The number of hydrogen-bond donors (Lipinski definition) is 0. The monoisotopic (exact) mass is 193 g/mol. The number of methoxy groups -OCH3 is 1. The molecule has 1 rings (SSSR count). The lowest BCUT2D eigenvalue weighted by Crippen LogP contribution is -2.07. The van der Waals surface area contributed by atoms with Gasteiger partial charge in [-0.15, -0.1) is 0 Å². The van der Waals surface area contributed by atoms with Crippen molar-refractivity contribution in [1.29, 1.82) is 5.26 Å². The van der Waals surface area contributed by atoms with Crippen molar-refractivity contribution in [3.05, 3.63) is 11.6 Å². The topological polar surface area (TPSA) is 50.1 Å². The molecule has 0 spiro atoms. The van der Waals surface area contributed by atoms with Gasteiger partial charge in [-0.25, -0.2) is 0 Å². The van der Waals surface area contributed by atoms with Gasteiger partial charge in [-0.1, -0.05) is 19.9 Å². The van der Waals surface area contributed by atoms with Gasteiger partial charge >= 0.3 is 5.97 Å². The van der Waals surface area contributed by atoms with E-state index >= 15 is 0 Å². The summed E-state index contributed by atoms with van der Waals surface area (Å²) >= 11 is 0. The molecule has 0 aromatic rings. The molecule has 0 radical (unpaired) electrons. The van der Waals surface area contributed by atoms with E-state index in [1.807, 2.05) is 19.9 Å². The van der Waals surface area contributed by atoms with Gasteiger partial charge in [-0.3, -0.25) is 4.79 Å². The Balaban J connectivity index is 2.77. The number of carbonyl (C=O) groups excluding carboxylic acids is 1. The zero-order valence-corrected chi connectivity index (χ0v) is 9.00. The fourth-order valence-corrected chi connectivity index (χ4v) is 1.87. The molecule has 0 aromatic heterocycles. The van der Waals surface area contributed by atoms with Gasteiger partial charge in [0.05, 0.1) is 19.1 Å². The second kappa shape index (κ2) is 3.45. The summed E-state index contributed by atoms with van der Waals surface area (Å²) in [5, 5.41) is 8.63. The van der Waals surface area contributed by atoms with Gasteiger partial charge in [0.2, 0.25) is 0 Å². The molecule has 2 atom stereocenters. The summed E-state index contributed by atoms with van der Waals surface area (Å²) in [4.78, 5) is 11.3. The van der Waals surface area contributed by atoms with E-state index in [2.05, 4.69) is 6.07 Å². The maximum Gasteiger partial charge on any atom is 0.309 e. The van der Waals surface area contributed by atoms with Crippen molar-refractivity contribution in [1.82, 2.24) is 0 Å². The van der Waals surface area contributed by atoms with Gasteiger partial charge in [0.15, 0.2) is 0 Å². The van der Waals surface area contributed by atoms with Crippen LogP contribution in [0.1, 0.15) is 20.8 Å². The molecule has 14 heavy (non-hydrogen) atoms. The van der Waals surface area contributed by atoms with Crippen LogP contribution < -0.4 is 0 Å². The lowest BCUT2D eigenvalue weighted by Gasteiger charge is -1.99. The van der Waals surface area contributed by atoms with Crippen LogP contribution in [0, 0.1) is 28.6 Å². The Hall–Kier alpha value is -1.30. The van der Waals surface area contributed by atoms with Crippen LogP contribution in [0.25, 0.3) is 0 Å². The number of rotatable bonds is 2. The van der Waals surface area contributed by atoms with Crippen LogP contribution in [0.2, 0.25) is 0 Å². The first-order valence-corrected chi connectivity index (χ1v) is 4.61. The Morgan fingerprint density at radius 1 is 1.57 bits per heavy atom. The molecule has 76 valence electrons. The Kier molecular flexibility index (Phi) is 2.66. The number of ether oxygens (including phenoxy) is 1. The third kappa shape index (κ3) is 1.65. The van der Waals surface area contributed by atoms with E-state index in [-0.39, 0.29) is 23.2 Å². The molecular weight excluding hydrogens is 178 g/mol. The summed E-state index contributed by atoms with van der Waals surface area (Å²) < 4.78 is 4.70. The Morgan fingerprint density at radius 2 is 2.14 bits per heavy atom. The molecule has 0 heterocycles. The summed E-state index contributed by atoms with van der Waals surface area (Å²) in [6, 6.07) is 2.06. The molecular formula is C11H15NO2. The second-order valence-electron chi connectivity index (χ2n) is 4.31. The van der Waals surface area contributed by atoms with Crippen molar-refractivity contribution in [2.24, 2.45) is 17.3 Å². The van der Waals surface area contributed by atoms with Gasteiger partial charge in [0.25, 0.3) is 0 Å². The van der Waals surface area contributed by atoms with E-state index in [0.29, 0.717) is 5.57 Å². The molecule has 0 unspecified atom stereocenters. The molecule has 1 aliphatic rings. The van der Waals surface area contributed by atoms with E-state index in [9.17, 15) is 4.79 Å². The highest BCUT2D eigenvalue weighted by Crippen LogP contribution is 2.59. The quantitative estimate of drug-likeness (QED) is 0.497. The van der Waals surface area contributed by atoms with E-state index in [0.717, 1.165) is 0 Å². The predicted molar refractivity (Wildman–Crippen MR) is 52.1 cm³/mol. The average Bonchev–Trinajstić information content (AvgIpc) is 2.67. The normalized spacial score (nSPS) is 29.2. The van der Waals surface area contributed by atoms with Crippen molar-refractivity contribution >= 4 is 5.97 Å². The SMILES string of the molecule is COC(=O)[C@@H]1[C@H](C=C(C)C#N)C1(C)C. The average molecular weight is 193 g/mol. The molecule has 3 nitrogen and oxygen atoms in total. The highest BCUT2D eigenvalue weighted by atomic mass is 16.5. The van der Waals surface area contributed by atoms with Crippen LogP contribution in [0.3, 0.4) is 0 Å². The van der Waals surface area contributed by atoms with Crippen LogP contribution >= 0.6 is 0 Å². The molecule has 3 heteroatoms. The Morgan fingerprint density at radius 3 is 2.57 bits per heavy atom. The van der Waals surface area contributed by atoms with Crippen LogP contribution in [0.15, 0.2) is 11.6 Å². The van der Waals surface area contributed by atoms with E-state index in [1.165, 1.54) is 7.11 Å². The minimum absolute atomic E-state index is 0.0643. The number of hydrogen-bond acceptors (Lipinski definition) is 3. The maximum absolute atomic E-state index is 11.3. The number of carbonyl (C=O) groups is 1. The fourth-order valence-electron chi connectivity index (χ4n) is 1.87. The molecule has 0 aromatic carbocycles. The van der Waals surface area contributed by atoms with E-state index in [4.69, 9.17) is 10.00 Å². The number of nitrogens with zero attached hydrogens (tertiary/aromatic N) is 1. The van der Waals surface area contributed by atoms with Gasteiger partial charge in [0.1, 0.15) is 0 Å². The zero-order valence-electron chi connectivity index (χ0n) is 9.00. The van der Waals surface area contributed by atoms with Gasteiger partial charge in [0, 0.05) is 5.57 Å². The van der Waals surface area contributed by atoms with Crippen molar-refractivity contribution in [3.8, 4) is 6.07 Å². The van der Waals surface area contributed by atoms with Crippen LogP contribution in [0.4, 0.5) is 0 Å². The largest absolute Gasteiger partial charge is 0.469 e. The fraction of sp³-hybridized carbons (Fsp3) is 0.636. The Bertz CT molecular complexity index is 323. The highest BCUT2D eigenvalue weighted by molar-refractivity contribution is 5.78. The minimum atomic E-state index is -0.179. The van der Waals surface area contributed by atoms with Crippen LogP contribution in [0.5, 0.6) is 0 Å². The van der Waals surface area contributed by atoms with Gasteiger partial charge < -0.3 is 4.74 Å². The minimum Gasteiger partial charge on any atom is -0.469 e. The first-order valence-electron chi connectivity index (χ1n) is 4.61. The number of nitriles is 1. The highest BCUT2D eigenvalue weighted by Gasteiger charge is 2.61. The molecule has 0 aliphatic heterocycles. The lowest BCUT2D eigenvalue weighted by molar-refractivity contribution is -0.143. The summed E-state index contributed by atoms with van der Waals surface area (Å²) in [7, 11) is 1.40. The molecule has 1 fully saturated rings. The summed E-state index contributed by atoms with van der Waals surface area (Å²) in [6.07, 6.45) is 1.86. The van der Waals surface area contributed by atoms with Crippen molar-refractivity contribution < 1.29 is 9.53 Å². The van der Waals surface area contributed by atoms with Gasteiger partial charge in [-0.2, -0.15) is 5.26 Å². The van der Waals surface area contributed by atoms with Gasteiger partial charge in [-0.05, 0) is 18.3 Å². The molecule has 0 amide bonds. The third-order valence-electron chi connectivity index (χ3n) is 2.97. The first kappa shape index (κ1) is 10.8. The lowest BCUT2D eigenvalue weighted by atomic mass is 10.1. The molecule has 0 bridgehead atoms. The smallest absolute Gasteiger partial charge is 0.309 e.